The molecule has 1 fully saturated rings. The Kier molecular flexibility index (Phi) is 8.81. The number of aromatic nitrogens is 4. The van der Waals surface area contributed by atoms with E-state index in [9.17, 15) is 22.8 Å². The third-order valence-electron chi connectivity index (χ3n) is 10.3. The van der Waals surface area contributed by atoms with Gasteiger partial charge in [-0.1, -0.05) is 26.0 Å². The number of nitrogens with one attached hydrogen (secondary N) is 2. The van der Waals surface area contributed by atoms with Crippen molar-refractivity contribution in [1.29, 1.82) is 0 Å². The molecule has 1 spiro atoms. The number of rotatable bonds is 10. The van der Waals surface area contributed by atoms with Crippen molar-refractivity contribution in [2.24, 2.45) is 5.92 Å². The molecule has 3 aromatic carbocycles. The topological polar surface area (TPSA) is 109 Å². The lowest BCUT2D eigenvalue weighted by Crippen LogP contribution is -2.41. The lowest BCUT2D eigenvalue weighted by atomic mass is 9.73. The molecule has 0 unspecified atom stereocenters. The van der Waals surface area contributed by atoms with Crippen LogP contribution in [0.1, 0.15) is 80.5 Å². The maximum Gasteiger partial charge on any atom is 0.326 e. The zero-order chi connectivity index (χ0) is 34.3. The van der Waals surface area contributed by atoms with E-state index in [-0.39, 0.29) is 47.5 Å². The Bertz CT molecular complexity index is 2030. The smallest absolute Gasteiger partial charge is 0.326 e. The predicted molar refractivity (Wildman–Crippen MR) is 179 cm³/mol. The molecule has 12 heteroatoms. The fourth-order valence-corrected chi connectivity index (χ4v) is 7.74. The highest BCUT2D eigenvalue weighted by molar-refractivity contribution is 5.80. The second kappa shape index (κ2) is 13.2. The number of hydrogen-bond acceptors (Lipinski definition) is 6. The molecule has 1 aliphatic heterocycles. The number of hydrogen-bond donors (Lipinski definition) is 2. The van der Waals surface area contributed by atoms with E-state index in [1.165, 1.54) is 12.1 Å². The van der Waals surface area contributed by atoms with Gasteiger partial charge >= 0.3 is 5.69 Å². The van der Waals surface area contributed by atoms with E-state index in [0.29, 0.717) is 24.4 Å². The minimum Gasteiger partial charge on any atom is -0.426 e. The Morgan fingerprint density at radius 2 is 1.88 bits per heavy atom. The largest absolute Gasteiger partial charge is 0.426 e. The number of piperidine rings is 1. The van der Waals surface area contributed by atoms with Gasteiger partial charge in [0.25, 0.3) is 0 Å². The van der Waals surface area contributed by atoms with Crippen molar-refractivity contribution in [2.75, 3.05) is 18.0 Å². The molecule has 0 saturated carbocycles. The van der Waals surface area contributed by atoms with Crippen LogP contribution in [-0.4, -0.2) is 38.7 Å². The average molecular weight is 673 g/mol. The third-order valence-corrected chi connectivity index (χ3v) is 10.3. The third kappa shape index (κ3) is 6.60. The van der Waals surface area contributed by atoms with E-state index >= 15 is 0 Å². The Hall–Kier alpha value is -4.87. The van der Waals surface area contributed by atoms with E-state index in [1.54, 1.807) is 12.1 Å². The monoisotopic (exact) mass is 672 g/mol. The van der Waals surface area contributed by atoms with Crippen LogP contribution in [-0.2, 0) is 23.2 Å². The molecule has 49 heavy (non-hydrogen) atoms. The Balaban J connectivity index is 1.07. The molecule has 256 valence electrons. The summed E-state index contributed by atoms with van der Waals surface area (Å²) < 4.78 is 49.4. The van der Waals surface area contributed by atoms with Crippen molar-refractivity contribution in [1.82, 2.24) is 25.1 Å². The van der Waals surface area contributed by atoms with Crippen LogP contribution in [0.15, 0.2) is 70.2 Å². The van der Waals surface area contributed by atoms with Gasteiger partial charge < -0.3 is 19.6 Å². The number of nitrogens with zero attached hydrogens (tertiary/aromatic N) is 4. The van der Waals surface area contributed by atoms with Crippen LogP contribution >= 0.6 is 0 Å². The standard InChI is InChI=1S/C37H39F3N6O3/c1-22(2)9-12-46-33-19-26(5-8-31(33)43-36(46)48)45-13-10-37(11-14-45)20-24(27-6-4-25(38)18-28(27)37)17-34(47)42-32(35-44-41-21-49-35)16-23-3-7-29(39)30(40)15-23/h3-8,15,18-19,21-22,24,32H,9-14,16-17,20H2,1-2H3,(H,42,47)(H,43,48)/t24-,32-/m1/s1. The molecule has 3 heterocycles. The van der Waals surface area contributed by atoms with Crippen LogP contribution in [0.5, 0.6) is 0 Å². The van der Waals surface area contributed by atoms with E-state index in [4.69, 9.17) is 4.42 Å². The van der Waals surface area contributed by atoms with Gasteiger partial charge in [0.05, 0.1) is 11.0 Å². The minimum absolute atomic E-state index is 0.0992. The number of carbonyl (C=O) groups is 1. The van der Waals surface area contributed by atoms with Gasteiger partial charge in [-0.05, 0) is 102 Å². The van der Waals surface area contributed by atoms with Crippen molar-refractivity contribution >= 4 is 22.6 Å². The average Bonchev–Trinajstić information content (AvgIpc) is 3.79. The van der Waals surface area contributed by atoms with Gasteiger partial charge in [-0.15, -0.1) is 10.2 Å². The van der Waals surface area contributed by atoms with Gasteiger partial charge in [0.15, 0.2) is 11.6 Å². The van der Waals surface area contributed by atoms with Crippen molar-refractivity contribution < 1.29 is 22.4 Å². The molecule has 1 amide bonds. The van der Waals surface area contributed by atoms with Crippen molar-refractivity contribution in [3.8, 4) is 0 Å². The second-order valence-electron chi connectivity index (χ2n) is 13.9. The van der Waals surface area contributed by atoms with Crippen LogP contribution in [0.2, 0.25) is 0 Å². The lowest BCUT2D eigenvalue weighted by Gasteiger charge is -2.41. The fourth-order valence-electron chi connectivity index (χ4n) is 7.74. The number of amides is 1. The lowest BCUT2D eigenvalue weighted by molar-refractivity contribution is -0.122. The van der Waals surface area contributed by atoms with Gasteiger partial charge in [0, 0.05) is 38.2 Å². The molecule has 0 radical (unpaired) electrons. The van der Waals surface area contributed by atoms with Gasteiger partial charge in [0.1, 0.15) is 11.9 Å². The van der Waals surface area contributed by atoms with Crippen molar-refractivity contribution in [3.05, 3.63) is 112 Å². The molecule has 1 saturated heterocycles. The summed E-state index contributed by atoms with van der Waals surface area (Å²) in [5, 5.41) is 10.7. The summed E-state index contributed by atoms with van der Waals surface area (Å²) in [5.41, 5.74) is 4.77. The SMILES string of the molecule is CC(C)CCn1c(=O)[nH]c2ccc(N3CCC4(CC3)C[C@@H](CC(=O)N[C@H](Cc3ccc(F)c(F)c3)c3nnco3)c3ccc(F)cc34)cc21. The molecule has 5 aromatic rings. The van der Waals surface area contributed by atoms with Crippen LogP contribution in [0, 0.1) is 23.4 Å². The zero-order valence-electron chi connectivity index (χ0n) is 27.5. The van der Waals surface area contributed by atoms with E-state index in [0.717, 1.165) is 78.7 Å². The molecule has 2 aromatic heterocycles. The summed E-state index contributed by atoms with van der Waals surface area (Å²) in [6.07, 6.45) is 4.61. The first-order valence-corrected chi connectivity index (χ1v) is 16.9. The number of halogens is 3. The highest BCUT2D eigenvalue weighted by Crippen LogP contribution is 2.53. The number of benzene rings is 3. The molecule has 1 aliphatic carbocycles. The molecule has 2 aliphatic rings. The van der Waals surface area contributed by atoms with Crippen LogP contribution in [0.25, 0.3) is 11.0 Å². The number of aryl methyl sites for hydroxylation is 1. The minimum atomic E-state index is -0.980. The molecule has 2 N–H and O–H groups in total. The Morgan fingerprint density at radius 3 is 2.61 bits per heavy atom. The molecule has 9 nitrogen and oxygen atoms in total. The first-order chi connectivity index (χ1) is 23.6. The summed E-state index contributed by atoms with van der Waals surface area (Å²) in [7, 11) is 0. The van der Waals surface area contributed by atoms with E-state index in [1.807, 2.05) is 16.7 Å². The number of H-pyrrole nitrogens is 1. The number of aromatic amines is 1. The highest BCUT2D eigenvalue weighted by atomic mass is 19.2. The maximum atomic E-state index is 14.7. The number of fused-ring (bicyclic) bond motifs is 3. The van der Waals surface area contributed by atoms with E-state index < -0.39 is 17.7 Å². The summed E-state index contributed by atoms with van der Waals surface area (Å²) in [6.45, 7) is 6.43. The van der Waals surface area contributed by atoms with Crippen molar-refractivity contribution in [2.45, 2.75) is 76.3 Å². The van der Waals surface area contributed by atoms with Gasteiger partial charge in [0.2, 0.25) is 18.2 Å². The molecule has 7 rings (SSSR count). The highest BCUT2D eigenvalue weighted by Gasteiger charge is 2.46. The van der Waals surface area contributed by atoms with Crippen LogP contribution < -0.4 is 15.9 Å². The van der Waals surface area contributed by atoms with Gasteiger partial charge in [-0.2, -0.15) is 0 Å². The normalized spacial score (nSPS) is 17.6. The Labute approximate surface area is 281 Å². The summed E-state index contributed by atoms with van der Waals surface area (Å²) in [5.74, 6) is -2.00. The van der Waals surface area contributed by atoms with Gasteiger partial charge in [-0.25, -0.2) is 18.0 Å². The Morgan fingerprint density at radius 1 is 1.06 bits per heavy atom. The summed E-state index contributed by atoms with van der Waals surface area (Å²) in [4.78, 5) is 31.6. The van der Waals surface area contributed by atoms with Crippen LogP contribution in [0.4, 0.5) is 18.9 Å². The summed E-state index contributed by atoms with van der Waals surface area (Å²) >= 11 is 0. The second-order valence-corrected chi connectivity index (χ2v) is 13.9. The predicted octanol–water partition coefficient (Wildman–Crippen LogP) is 6.69. The molecule has 0 bridgehead atoms. The molecular weight excluding hydrogens is 633 g/mol. The van der Waals surface area contributed by atoms with Crippen LogP contribution in [0.3, 0.4) is 0 Å². The fraction of sp³-hybridized carbons (Fsp3) is 0.405. The summed E-state index contributed by atoms with van der Waals surface area (Å²) in [6, 6.07) is 13.8. The van der Waals surface area contributed by atoms with Gasteiger partial charge in [-0.3, -0.25) is 9.36 Å². The quantitative estimate of drug-likeness (QED) is 0.171. The number of imidazole rings is 1. The first-order valence-electron chi connectivity index (χ1n) is 16.9. The van der Waals surface area contributed by atoms with E-state index in [2.05, 4.69) is 45.3 Å². The molecule has 2 atom stereocenters. The zero-order valence-corrected chi connectivity index (χ0v) is 27.5. The van der Waals surface area contributed by atoms with Crippen molar-refractivity contribution in [3.63, 3.8) is 0 Å². The number of carbonyl (C=O) groups excluding carboxylic acids is 1. The number of anilines is 1. The molecular formula is C37H39F3N6O3. The maximum absolute atomic E-state index is 14.7. The first kappa shape index (κ1) is 32.7.